The predicted molar refractivity (Wildman–Crippen MR) is 67.9 cm³/mol. The molecule has 1 aromatic rings. The number of ether oxygens (including phenoxy) is 1. The number of nitrogens with zero attached hydrogens (tertiary/aromatic N) is 2. The normalized spacial score (nSPS) is 15.9. The largest absolute Gasteiger partial charge is 0.390 e. The highest BCUT2D eigenvalue weighted by Gasteiger charge is 2.31. The van der Waals surface area contributed by atoms with E-state index in [9.17, 15) is 5.11 Å². The van der Waals surface area contributed by atoms with Crippen LogP contribution >= 0.6 is 0 Å². The Morgan fingerprint density at radius 3 is 2.59 bits per heavy atom. The molecule has 1 heterocycles. The minimum Gasteiger partial charge on any atom is -0.390 e. The van der Waals surface area contributed by atoms with Crippen LogP contribution in [0.4, 0.5) is 0 Å². The Morgan fingerprint density at radius 2 is 2.12 bits per heavy atom. The van der Waals surface area contributed by atoms with Crippen LogP contribution in [0.3, 0.4) is 0 Å². The van der Waals surface area contributed by atoms with Gasteiger partial charge in [0.05, 0.1) is 12.2 Å². The number of methoxy groups -OCH3 is 1. The van der Waals surface area contributed by atoms with Crippen molar-refractivity contribution in [2.75, 3.05) is 7.11 Å². The number of hydrogen-bond acceptors (Lipinski definition) is 3. The van der Waals surface area contributed by atoms with Crippen LogP contribution in [-0.4, -0.2) is 34.0 Å². The lowest BCUT2D eigenvalue weighted by atomic mass is 9.84. The zero-order valence-electron chi connectivity index (χ0n) is 11.5. The molecule has 1 rings (SSSR count). The number of hydrogen-bond donors (Lipinski definition) is 1. The first kappa shape index (κ1) is 14.2. The van der Waals surface area contributed by atoms with Gasteiger partial charge < -0.3 is 14.4 Å². The maximum Gasteiger partial charge on any atom is 0.111 e. The molecule has 0 fully saturated rings. The van der Waals surface area contributed by atoms with E-state index in [1.165, 1.54) is 0 Å². The van der Waals surface area contributed by atoms with Crippen LogP contribution in [0.25, 0.3) is 0 Å². The Kier molecular flexibility index (Phi) is 4.71. The molecule has 0 saturated carbocycles. The number of aliphatic hydroxyl groups is 1. The molecule has 0 aromatic carbocycles. The minimum atomic E-state index is -0.535. The monoisotopic (exact) mass is 240 g/mol. The van der Waals surface area contributed by atoms with Gasteiger partial charge in [0.15, 0.2) is 0 Å². The van der Waals surface area contributed by atoms with E-state index in [4.69, 9.17) is 4.74 Å². The van der Waals surface area contributed by atoms with E-state index < -0.39 is 6.10 Å². The van der Waals surface area contributed by atoms with Gasteiger partial charge in [-0.05, 0) is 12.3 Å². The maximum atomic E-state index is 10.3. The van der Waals surface area contributed by atoms with E-state index in [0.717, 1.165) is 12.4 Å². The molecule has 0 saturated heterocycles. The molecule has 0 aliphatic carbocycles. The Balaban J connectivity index is 2.74. The second-order valence-electron chi connectivity index (χ2n) is 5.42. The van der Waals surface area contributed by atoms with Gasteiger partial charge in [-0.25, -0.2) is 4.98 Å². The van der Waals surface area contributed by atoms with Crippen LogP contribution in [0.1, 0.15) is 33.5 Å². The average molecular weight is 240 g/mol. The molecular weight excluding hydrogens is 216 g/mol. The Labute approximate surface area is 104 Å². The minimum absolute atomic E-state index is 0.0855. The van der Waals surface area contributed by atoms with Crippen molar-refractivity contribution in [3.63, 3.8) is 0 Å². The molecule has 0 aliphatic rings. The molecule has 4 heteroatoms. The predicted octanol–water partition coefficient (Wildman–Crippen LogP) is 1.87. The third-order valence-electron chi connectivity index (χ3n) is 2.99. The fraction of sp³-hybridized carbons (Fsp3) is 0.769. The van der Waals surface area contributed by atoms with Gasteiger partial charge in [0.25, 0.3) is 0 Å². The molecule has 0 radical (unpaired) electrons. The van der Waals surface area contributed by atoms with Gasteiger partial charge in [-0.1, -0.05) is 20.8 Å². The molecule has 0 aliphatic heterocycles. The Bertz CT molecular complexity index is 341. The molecule has 2 unspecified atom stereocenters. The topological polar surface area (TPSA) is 47.3 Å². The molecule has 17 heavy (non-hydrogen) atoms. The van der Waals surface area contributed by atoms with Crippen molar-refractivity contribution in [3.8, 4) is 0 Å². The third kappa shape index (κ3) is 3.54. The summed E-state index contributed by atoms with van der Waals surface area (Å²) in [4.78, 5) is 4.27. The summed E-state index contributed by atoms with van der Waals surface area (Å²) in [5.74, 6) is 0.909. The number of aliphatic hydroxyl groups excluding tert-OH is 1. The summed E-state index contributed by atoms with van der Waals surface area (Å²) in [7, 11) is 1.64. The quantitative estimate of drug-likeness (QED) is 0.854. The number of rotatable bonds is 5. The summed E-state index contributed by atoms with van der Waals surface area (Å²) < 4.78 is 7.45. The van der Waals surface area contributed by atoms with Crippen LogP contribution in [0, 0.1) is 5.41 Å². The van der Waals surface area contributed by atoms with E-state index in [1.54, 1.807) is 13.3 Å². The second kappa shape index (κ2) is 5.65. The maximum absolute atomic E-state index is 10.3. The van der Waals surface area contributed by atoms with E-state index in [1.807, 2.05) is 10.8 Å². The fourth-order valence-corrected chi connectivity index (χ4v) is 2.20. The lowest BCUT2D eigenvalue weighted by Crippen LogP contribution is -2.41. The summed E-state index contributed by atoms with van der Waals surface area (Å²) in [6.07, 6.45) is 3.50. The van der Waals surface area contributed by atoms with Crippen molar-refractivity contribution >= 4 is 0 Å². The van der Waals surface area contributed by atoms with Crippen molar-refractivity contribution in [2.24, 2.45) is 5.41 Å². The first-order valence-electron chi connectivity index (χ1n) is 6.11. The van der Waals surface area contributed by atoms with Crippen LogP contribution in [0.2, 0.25) is 0 Å². The summed E-state index contributed by atoms with van der Waals surface area (Å²) in [5, 5.41) is 10.3. The van der Waals surface area contributed by atoms with Gasteiger partial charge >= 0.3 is 0 Å². The molecule has 0 bridgehead atoms. The summed E-state index contributed by atoms with van der Waals surface area (Å²) in [6, 6.07) is 0. The zero-order chi connectivity index (χ0) is 13.1. The summed E-state index contributed by atoms with van der Waals surface area (Å²) >= 11 is 0. The molecule has 0 amide bonds. The van der Waals surface area contributed by atoms with Gasteiger partial charge in [-0.3, -0.25) is 0 Å². The van der Waals surface area contributed by atoms with Gasteiger partial charge in [0.2, 0.25) is 0 Å². The highest BCUT2D eigenvalue weighted by Crippen LogP contribution is 2.25. The highest BCUT2D eigenvalue weighted by atomic mass is 16.5. The number of aryl methyl sites for hydroxylation is 1. The molecule has 4 nitrogen and oxygen atoms in total. The first-order chi connectivity index (χ1) is 7.90. The molecule has 2 atom stereocenters. The Morgan fingerprint density at radius 1 is 1.47 bits per heavy atom. The van der Waals surface area contributed by atoms with Gasteiger partial charge in [-0.15, -0.1) is 0 Å². The summed E-state index contributed by atoms with van der Waals surface area (Å²) in [6.45, 7) is 9.13. The van der Waals surface area contributed by atoms with E-state index >= 15 is 0 Å². The SMILES string of the molecule is CCn1ccnc1CC(O)C(OC)C(C)(C)C. The van der Waals surface area contributed by atoms with Crippen molar-refractivity contribution in [1.29, 1.82) is 0 Å². The van der Waals surface area contributed by atoms with Crippen LogP contribution < -0.4 is 0 Å². The summed E-state index contributed by atoms with van der Waals surface area (Å²) in [5.41, 5.74) is -0.0855. The van der Waals surface area contributed by atoms with Crippen molar-refractivity contribution < 1.29 is 9.84 Å². The fourth-order valence-electron chi connectivity index (χ4n) is 2.20. The zero-order valence-corrected chi connectivity index (χ0v) is 11.5. The highest BCUT2D eigenvalue weighted by molar-refractivity contribution is 4.96. The standard InChI is InChI=1S/C13H24N2O2/c1-6-15-8-7-14-11(15)9-10(16)12(17-5)13(2,3)4/h7-8,10,12,16H,6,9H2,1-5H3. The second-order valence-corrected chi connectivity index (χ2v) is 5.42. The van der Waals surface area contributed by atoms with Crippen LogP contribution in [0.15, 0.2) is 12.4 Å². The van der Waals surface area contributed by atoms with Crippen LogP contribution in [0.5, 0.6) is 0 Å². The third-order valence-corrected chi connectivity index (χ3v) is 2.99. The van der Waals surface area contributed by atoms with Gasteiger partial charge in [0, 0.05) is 32.5 Å². The molecular formula is C13H24N2O2. The molecule has 1 aromatic heterocycles. The molecule has 98 valence electrons. The number of aromatic nitrogens is 2. The van der Waals surface area contributed by atoms with E-state index in [0.29, 0.717) is 6.42 Å². The molecule has 1 N–H and O–H groups in total. The van der Waals surface area contributed by atoms with Gasteiger partial charge in [-0.2, -0.15) is 0 Å². The number of imidazole rings is 1. The van der Waals surface area contributed by atoms with E-state index in [-0.39, 0.29) is 11.5 Å². The lowest BCUT2D eigenvalue weighted by Gasteiger charge is -2.33. The van der Waals surface area contributed by atoms with Crippen molar-refractivity contribution in [2.45, 2.75) is 52.9 Å². The van der Waals surface area contributed by atoms with E-state index in [2.05, 4.69) is 32.7 Å². The van der Waals surface area contributed by atoms with Gasteiger partial charge in [0.1, 0.15) is 5.82 Å². The van der Waals surface area contributed by atoms with Crippen molar-refractivity contribution in [3.05, 3.63) is 18.2 Å². The Hall–Kier alpha value is -0.870. The first-order valence-corrected chi connectivity index (χ1v) is 6.11. The lowest BCUT2D eigenvalue weighted by molar-refractivity contribution is -0.0707. The van der Waals surface area contributed by atoms with Crippen molar-refractivity contribution in [1.82, 2.24) is 9.55 Å². The van der Waals surface area contributed by atoms with Crippen LogP contribution in [-0.2, 0) is 17.7 Å². The smallest absolute Gasteiger partial charge is 0.111 e. The average Bonchev–Trinajstić information content (AvgIpc) is 2.63. The molecule has 0 spiro atoms.